The molecule has 0 aromatic carbocycles. The van der Waals surface area contributed by atoms with Gasteiger partial charge in [0.15, 0.2) is 5.13 Å². The molecule has 0 unspecified atom stereocenters. The molecule has 1 rings (SSSR count). The van der Waals surface area contributed by atoms with Crippen molar-refractivity contribution < 1.29 is 19.4 Å². The third-order valence-electron chi connectivity index (χ3n) is 1.39. The number of hydrogen-bond acceptors (Lipinski definition) is 5. The van der Waals surface area contributed by atoms with Gasteiger partial charge in [-0.15, -0.1) is 0 Å². The first kappa shape index (κ1) is 10.5. The van der Waals surface area contributed by atoms with Crippen LogP contribution in [0, 0.1) is 6.92 Å². The minimum atomic E-state index is -1.06. The molecule has 0 saturated heterocycles. The van der Waals surface area contributed by atoms with Crippen LogP contribution in [0.1, 0.15) is 15.4 Å². The molecule has 0 fully saturated rings. The molecule has 0 bridgehead atoms. The van der Waals surface area contributed by atoms with Crippen molar-refractivity contribution in [2.24, 2.45) is 0 Å². The SMILES string of the molecule is COC(=O)Nc1nc(C)c(C(=O)O)s1. The summed E-state index contributed by atoms with van der Waals surface area (Å²) in [5.41, 5.74) is 0.369. The Labute approximate surface area is 83.5 Å². The predicted octanol–water partition coefficient (Wildman–Crippen LogP) is 1.33. The number of anilines is 1. The Morgan fingerprint density at radius 2 is 2.21 bits per heavy atom. The fourth-order valence-corrected chi connectivity index (χ4v) is 1.58. The molecule has 0 aliphatic heterocycles. The number of aryl methyl sites for hydroxylation is 1. The quantitative estimate of drug-likeness (QED) is 0.778. The molecule has 0 aliphatic carbocycles. The Morgan fingerprint density at radius 1 is 1.57 bits per heavy atom. The first-order chi connectivity index (χ1) is 6.54. The van der Waals surface area contributed by atoms with Gasteiger partial charge in [0.1, 0.15) is 4.88 Å². The van der Waals surface area contributed by atoms with Gasteiger partial charge in [0.05, 0.1) is 12.8 Å². The van der Waals surface area contributed by atoms with Crippen molar-refractivity contribution in [2.45, 2.75) is 6.92 Å². The van der Waals surface area contributed by atoms with Gasteiger partial charge in [0, 0.05) is 0 Å². The number of amides is 1. The lowest BCUT2D eigenvalue weighted by molar-refractivity contribution is 0.0701. The van der Waals surface area contributed by atoms with Crippen molar-refractivity contribution in [3.8, 4) is 0 Å². The van der Waals surface area contributed by atoms with E-state index in [9.17, 15) is 9.59 Å². The van der Waals surface area contributed by atoms with Crippen LogP contribution in [0.4, 0.5) is 9.93 Å². The maximum absolute atomic E-state index is 10.8. The minimum absolute atomic E-state index is 0.108. The molecular formula is C7H8N2O4S. The zero-order chi connectivity index (χ0) is 10.7. The number of carboxylic acids is 1. The zero-order valence-corrected chi connectivity index (χ0v) is 8.34. The number of carbonyl (C=O) groups is 2. The van der Waals surface area contributed by atoms with E-state index in [4.69, 9.17) is 5.11 Å². The van der Waals surface area contributed by atoms with E-state index < -0.39 is 12.1 Å². The average Bonchev–Trinajstić information content (AvgIpc) is 2.46. The first-order valence-electron chi connectivity index (χ1n) is 3.60. The molecular weight excluding hydrogens is 208 g/mol. The molecule has 0 saturated carbocycles. The summed E-state index contributed by atoms with van der Waals surface area (Å²) in [5.74, 6) is -1.06. The van der Waals surface area contributed by atoms with Crippen molar-refractivity contribution in [3.63, 3.8) is 0 Å². The van der Waals surface area contributed by atoms with Crippen LogP contribution in [0.2, 0.25) is 0 Å². The number of carboxylic acid groups (broad SMARTS) is 1. The molecule has 0 aliphatic rings. The molecule has 0 spiro atoms. The Balaban J connectivity index is 2.86. The number of ether oxygens (including phenoxy) is 1. The van der Waals surface area contributed by atoms with Gasteiger partial charge >= 0.3 is 12.1 Å². The highest BCUT2D eigenvalue weighted by molar-refractivity contribution is 7.17. The summed E-state index contributed by atoms with van der Waals surface area (Å²) in [4.78, 5) is 25.3. The molecule has 1 heterocycles. The summed E-state index contributed by atoms with van der Waals surface area (Å²) in [6, 6.07) is 0. The zero-order valence-electron chi connectivity index (χ0n) is 7.53. The highest BCUT2D eigenvalue weighted by atomic mass is 32.1. The van der Waals surface area contributed by atoms with Crippen LogP contribution >= 0.6 is 11.3 Å². The Morgan fingerprint density at radius 3 is 2.64 bits per heavy atom. The van der Waals surface area contributed by atoms with E-state index in [0.29, 0.717) is 5.69 Å². The van der Waals surface area contributed by atoms with Crippen LogP contribution in [-0.2, 0) is 4.74 Å². The van der Waals surface area contributed by atoms with Crippen LogP contribution in [-0.4, -0.2) is 29.3 Å². The summed E-state index contributed by atoms with van der Waals surface area (Å²) in [7, 11) is 1.22. The van der Waals surface area contributed by atoms with E-state index in [1.165, 1.54) is 7.11 Å². The molecule has 0 radical (unpaired) electrons. The second kappa shape index (κ2) is 4.05. The van der Waals surface area contributed by atoms with Crippen molar-refractivity contribution >= 4 is 28.5 Å². The van der Waals surface area contributed by atoms with Crippen LogP contribution < -0.4 is 5.32 Å². The number of nitrogens with zero attached hydrogens (tertiary/aromatic N) is 1. The van der Waals surface area contributed by atoms with Crippen molar-refractivity contribution in [1.29, 1.82) is 0 Å². The summed E-state index contributed by atoms with van der Waals surface area (Å²) in [6.45, 7) is 1.56. The van der Waals surface area contributed by atoms with Crippen molar-refractivity contribution in [1.82, 2.24) is 4.98 Å². The van der Waals surface area contributed by atoms with Gasteiger partial charge in [-0.25, -0.2) is 14.6 Å². The summed E-state index contributed by atoms with van der Waals surface area (Å²) in [5, 5.41) is 11.2. The topological polar surface area (TPSA) is 88.5 Å². The van der Waals surface area contributed by atoms with Crippen LogP contribution in [0.3, 0.4) is 0 Å². The van der Waals surface area contributed by atoms with Crippen LogP contribution in [0.25, 0.3) is 0 Å². The largest absolute Gasteiger partial charge is 0.477 e. The Hall–Kier alpha value is -1.63. The first-order valence-corrected chi connectivity index (χ1v) is 4.42. The van der Waals surface area contributed by atoms with Gasteiger partial charge in [-0.2, -0.15) is 0 Å². The molecule has 1 aromatic heterocycles. The monoisotopic (exact) mass is 216 g/mol. The van der Waals surface area contributed by atoms with Gasteiger partial charge in [-0.3, -0.25) is 5.32 Å². The van der Waals surface area contributed by atoms with E-state index in [0.717, 1.165) is 11.3 Å². The predicted molar refractivity (Wildman–Crippen MR) is 49.8 cm³/mol. The number of aromatic nitrogens is 1. The number of carbonyl (C=O) groups excluding carboxylic acids is 1. The lowest BCUT2D eigenvalue weighted by Gasteiger charge is -1.96. The van der Waals surface area contributed by atoms with Gasteiger partial charge in [0.25, 0.3) is 0 Å². The number of methoxy groups -OCH3 is 1. The second-order valence-corrected chi connectivity index (χ2v) is 3.35. The van der Waals surface area contributed by atoms with Crippen LogP contribution in [0.15, 0.2) is 0 Å². The Kier molecular flexibility index (Phi) is 3.03. The summed E-state index contributed by atoms with van der Waals surface area (Å²) >= 11 is 0.889. The third kappa shape index (κ3) is 2.19. The number of aromatic carboxylic acids is 1. The standard InChI is InChI=1S/C7H8N2O4S/c1-3-4(5(10)11)14-6(8-3)9-7(12)13-2/h1-2H3,(H,10,11)(H,8,9,12). The molecule has 6 nitrogen and oxygen atoms in total. The number of nitrogens with one attached hydrogen (secondary N) is 1. The maximum Gasteiger partial charge on any atom is 0.413 e. The second-order valence-electron chi connectivity index (χ2n) is 2.36. The Bertz CT molecular complexity index is 374. The van der Waals surface area contributed by atoms with Gasteiger partial charge < -0.3 is 9.84 Å². The smallest absolute Gasteiger partial charge is 0.413 e. The molecule has 0 atom stereocenters. The van der Waals surface area contributed by atoms with Crippen molar-refractivity contribution in [3.05, 3.63) is 10.6 Å². The molecule has 76 valence electrons. The number of rotatable bonds is 2. The van der Waals surface area contributed by atoms with Gasteiger partial charge in [0.2, 0.25) is 0 Å². The summed E-state index contributed by atoms with van der Waals surface area (Å²) < 4.78 is 4.33. The van der Waals surface area contributed by atoms with Crippen LogP contribution in [0.5, 0.6) is 0 Å². The average molecular weight is 216 g/mol. The summed E-state index contributed by atoms with van der Waals surface area (Å²) in [6.07, 6.45) is -0.671. The van der Waals surface area contributed by atoms with E-state index in [2.05, 4.69) is 15.0 Å². The highest BCUT2D eigenvalue weighted by Gasteiger charge is 2.15. The molecule has 1 amide bonds. The lowest BCUT2D eigenvalue weighted by atomic mass is 10.4. The lowest BCUT2D eigenvalue weighted by Crippen LogP contribution is -2.10. The van der Waals surface area contributed by atoms with Gasteiger partial charge in [-0.1, -0.05) is 11.3 Å². The molecule has 14 heavy (non-hydrogen) atoms. The fraction of sp³-hybridized carbons (Fsp3) is 0.286. The third-order valence-corrected chi connectivity index (χ3v) is 2.45. The van der Waals surface area contributed by atoms with Crippen molar-refractivity contribution in [2.75, 3.05) is 12.4 Å². The highest BCUT2D eigenvalue weighted by Crippen LogP contribution is 2.22. The number of thiazole rings is 1. The molecule has 1 aromatic rings. The van der Waals surface area contributed by atoms with Gasteiger partial charge in [-0.05, 0) is 6.92 Å². The molecule has 2 N–H and O–H groups in total. The number of hydrogen-bond donors (Lipinski definition) is 2. The minimum Gasteiger partial charge on any atom is -0.477 e. The fourth-order valence-electron chi connectivity index (χ4n) is 0.787. The maximum atomic E-state index is 10.8. The van der Waals surface area contributed by atoms with E-state index >= 15 is 0 Å². The van der Waals surface area contributed by atoms with E-state index in [1.54, 1.807) is 6.92 Å². The normalized spacial score (nSPS) is 9.57. The van der Waals surface area contributed by atoms with E-state index in [-0.39, 0.29) is 10.0 Å². The molecule has 7 heteroatoms. The van der Waals surface area contributed by atoms with E-state index in [1.807, 2.05) is 0 Å².